The van der Waals surface area contributed by atoms with Gasteiger partial charge in [0.05, 0.1) is 24.0 Å². The molecule has 8 nitrogen and oxygen atoms in total. The molecule has 0 saturated heterocycles. The first-order chi connectivity index (χ1) is 13.7. The summed E-state index contributed by atoms with van der Waals surface area (Å²) in [5.41, 5.74) is 1.91. The van der Waals surface area contributed by atoms with Crippen molar-refractivity contribution in [3.05, 3.63) is 66.1 Å². The molecule has 0 aliphatic carbocycles. The number of hydrogen-bond acceptors (Lipinski definition) is 7. The van der Waals surface area contributed by atoms with E-state index in [1.165, 1.54) is 12.4 Å². The summed E-state index contributed by atoms with van der Waals surface area (Å²) in [4.78, 5) is 20.7. The maximum Gasteiger partial charge on any atom is 0.275 e. The summed E-state index contributed by atoms with van der Waals surface area (Å²) in [6.07, 6.45) is 2.85. The van der Waals surface area contributed by atoms with Crippen molar-refractivity contribution < 1.29 is 14.3 Å². The molecule has 2 N–H and O–H groups in total. The maximum atomic E-state index is 12.3. The SMILES string of the molecule is N#Cc1cccc(NC(=O)c2cnc(Nc3ccc4c(c3)OCCO4)cn2)c1. The van der Waals surface area contributed by atoms with Gasteiger partial charge in [0.15, 0.2) is 11.5 Å². The lowest BCUT2D eigenvalue weighted by atomic mass is 10.2. The van der Waals surface area contributed by atoms with E-state index >= 15 is 0 Å². The molecule has 0 atom stereocenters. The predicted octanol–water partition coefficient (Wildman–Crippen LogP) is 3.12. The Labute approximate surface area is 160 Å². The quantitative estimate of drug-likeness (QED) is 0.723. The summed E-state index contributed by atoms with van der Waals surface area (Å²) in [6.45, 7) is 1.05. The Kier molecular flexibility index (Phi) is 4.72. The van der Waals surface area contributed by atoms with Crippen molar-refractivity contribution in [3.8, 4) is 17.6 Å². The Bertz CT molecular complexity index is 1060. The highest BCUT2D eigenvalue weighted by molar-refractivity contribution is 6.02. The third-order valence-electron chi connectivity index (χ3n) is 3.95. The van der Waals surface area contributed by atoms with Crippen LogP contribution in [0.2, 0.25) is 0 Å². The van der Waals surface area contributed by atoms with E-state index in [0.29, 0.717) is 41.8 Å². The molecule has 0 fully saturated rings. The summed E-state index contributed by atoms with van der Waals surface area (Å²) in [5, 5.41) is 14.7. The smallest absolute Gasteiger partial charge is 0.275 e. The van der Waals surface area contributed by atoms with Crippen LogP contribution >= 0.6 is 0 Å². The van der Waals surface area contributed by atoms with Gasteiger partial charge in [-0.2, -0.15) is 5.26 Å². The van der Waals surface area contributed by atoms with Crippen molar-refractivity contribution in [3.63, 3.8) is 0 Å². The van der Waals surface area contributed by atoms with Crippen LogP contribution in [-0.4, -0.2) is 29.1 Å². The monoisotopic (exact) mass is 373 g/mol. The fourth-order valence-electron chi connectivity index (χ4n) is 2.64. The van der Waals surface area contributed by atoms with Crippen LogP contribution in [0, 0.1) is 11.3 Å². The first-order valence-electron chi connectivity index (χ1n) is 8.51. The highest BCUT2D eigenvalue weighted by Crippen LogP contribution is 2.33. The number of carbonyl (C=O) groups excluding carboxylic acids is 1. The zero-order valence-electron chi connectivity index (χ0n) is 14.7. The Hall–Kier alpha value is -4.12. The van der Waals surface area contributed by atoms with E-state index in [2.05, 4.69) is 20.6 Å². The Morgan fingerprint density at radius 1 is 1.00 bits per heavy atom. The molecule has 0 saturated carbocycles. The van der Waals surface area contributed by atoms with Crippen LogP contribution in [-0.2, 0) is 0 Å². The van der Waals surface area contributed by atoms with Crippen molar-refractivity contribution >= 4 is 23.1 Å². The lowest BCUT2D eigenvalue weighted by Gasteiger charge is -2.19. The van der Waals surface area contributed by atoms with Gasteiger partial charge in [-0.1, -0.05) is 6.07 Å². The van der Waals surface area contributed by atoms with Crippen molar-refractivity contribution in [1.29, 1.82) is 5.26 Å². The molecular formula is C20H15N5O3. The minimum atomic E-state index is -0.409. The normalized spacial score (nSPS) is 12.0. The number of benzene rings is 2. The van der Waals surface area contributed by atoms with Crippen molar-refractivity contribution in [2.75, 3.05) is 23.8 Å². The largest absolute Gasteiger partial charge is 0.486 e. The number of nitrogens with zero attached hydrogens (tertiary/aromatic N) is 3. The van der Waals surface area contributed by atoms with Gasteiger partial charge in [-0.15, -0.1) is 0 Å². The number of rotatable bonds is 4. The summed E-state index contributed by atoms with van der Waals surface area (Å²) < 4.78 is 11.0. The molecule has 8 heteroatoms. The Morgan fingerprint density at radius 2 is 1.86 bits per heavy atom. The van der Waals surface area contributed by atoms with Crippen LogP contribution in [0.1, 0.15) is 16.1 Å². The summed E-state index contributed by atoms with van der Waals surface area (Å²) in [7, 11) is 0. The van der Waals surface area contributed by atoms with E-state index < -0.39 is 5.91 Å². The third kappa shape index (κ3) is 3.83. The van der Waals surface area contributed by atoms with Crippen molar-refractivity contribution in [2.45, 2.75) is 0 Å². The Morgan fingerprint density at radius 3 is 2.64 bits per heavy atom. The van der Waals surface area contributed by atoms with E-state index in [9.17, 15) is 4.79 Å². The molecule has 0 unspecified atom stereocenters. The van der Waals surface area contributed by atoms with Crippen molar-refractivity contribution in [2.24, 2.45) is 0 Å². The van der Waals surface area contributed by atoms with Gasteiger partial charge in [0.1, 0.15) is 24.7 Å². The van der Waals surface area contributed by atoms with E-state index in [1.807, 2.05) is 24.3 Å². The molecule has 1 aliphatic rings. The van der Waals surface area contributed by atoms with Gasteiger partial charge < -0.3 is 20.1 Å². The predicted molar refractivity (Wildman–Crippen MR) is 102 cm³/mol. The molecule has 2 aromatic carbocycles. The number of anilines is 3. The van der Waals surface area contributed by atoms with E-state index in [4.69, 9.17) is 14.7 Å². The second kappa shape index (κ2) is 7.63. The fraction of sp³-hybridized carbons (Fsp3) is 0.100. The van der Waals surface area contributed by atoms with Gasteiger partial charge in [-0.3, -0.25) is 4.79 Å². The average Bonchev–Trinajstić information content (AvgIpc) is 2.74. The molecule has 0 bridgehead atoms. The van der Waals surface area contributed by atoms with Gasteiger partial charge in [-0.25, -0.2) is 9.97 Å². The molecule has 0 spiro atoms. The summed E-state index contributed by atoms with van der Waals surface area (Å²) in [6, 6.07) is 14.2. The van der Waals surface area contributed by atoms with Gasteiger partial charge in [0.2, 0.25) is 0 Å². The lowest BCUT2D eigenvalue weighted by molar-refractivity contribution is 0.102. The van der Waals surface area contributed by atoms with Gasteiger partial charge in [0.25, 0.3) is 5.91 Å². The fourth-order valence-corrected chi connectivity index (χ4v) is 2.64. The van der Waals surface area contributed by atoms with Gasteiger partial charge in [-0.05, 0) is 30.3 Å². The van der Waals surface area contributed by atoms with Gasteiger partial charge >= 0.3 is 0 Å². The van der Waals surface area contributed by atoms with E-state index in [-0.39, 0.29) is 5.69 Å². The standard InChI is InChI=1S/C20H15N5O3/c21-10-13-2-1-3-14(8-13)25-20(26)16-11-23-19(12-22-16)24-15-4-5-17-18(9-15)28-7-6-27-17/h1-5,8-9,11-12H,6-7H2,(H,23,24)(H,25,26). The number of fused-ring (bicyclic) bond motifs is 1. The number of nitriles is 1. The van der Waals surface area contributed by atoms with E-state index in [1.54, 1.807) is 24.3 Å². The molecule has 1 aromatic heterocycles. The first-order valence-corrected chi connectivity index (χ1v) is 8.51. The van der Waals surface area contributed by atoms with Crippen LogP contribution in [0.4, 0.5) is 17.2 Å². The number of amides is 1. The molecule has 28 heavy (non-hydrogen) atoms. The second-order valence-corrected chi connectivity index (χ2v) is 5.92. The number of ether oxygens (including phenoxy) is 2. The number of carbonyl (C=O) groups is 1. The molecule has 0 radical (unpaired) electrons. The molecule has 3 aromatic rings. The first kappa shape index (κ1) is 17.3. The van der Waals surface area contributed by atoms with Crippen LogP contribution in [0.5, 0.6) is 11.5 Å². The molecule has 2 heterocycles. The van der Waals surface area contributed by atoms with Crippen LogP contribution < -0.4 is 20.1 Å². The molecular weight excluding hydrogens is 358 g/mol. The van der Waals surface area contributed by atoms with Crippen molar-refractivity contribution in [1.82, 2.24) is 9.97 Å². The van der Waals surface area contributed by atoms with Crippen LogP contribution in [0.25, 0.3) is 0 Å². The van der Waals surface area contributed by atoms with Crippen LogP contribution in [0.3, 0.4) is 0 Å². The number of nitrogens with one attached hydrogen (secondary N) is 2. The second-order valence-electron chi connectivity index (χ2n) is 5.92. The molecule has 1 aliphatic heterocycles. The highest BCUT2D eigenvalue weighted by Gasteiger charge is 2.13. The Balaban J connectivity index is 1.43. The number of aromatic nitrogens is 2. The van der Waals surface area contributed by atoms with Gasteiger partial charge in [0, 0.05) is 17.4 Å². The third-order valence-corrected chi connectivity index (χ3v) is 3.95. The number of hydrogen-bond donors (Lipinski definition) is 2. The van der Waals surface area contributed by atoms with E-state index in [0.717, 1.165) is 5.69 Å². The average molecular weight is 373 g/mol. The van der Waals surface area contributed by atoms with Crippen LogP contribution in [0.15, 0.2) is 54.9 Å². The summed E-state index contributed by atoms with van der Waals surface area (Å²) >= 11 is 0. The highest BCUT2D eigenvalue weighted by atomic mass is 16.6. The molecule has 1 amide bonds. The zero-order chi connectivity index (χ0) is 19.3. The molecule has 138 valence electrons. The topological polar surface area (TPSA) is 109 Å². The zero-order valence-corrected chi connectivity index (χ0v) is 14.7. The lowest BCUT2D eigenvalue weighted by Crippen LogP contribution is -2.15. The maximum absolute atomic E-state index is 12.3. The minimum absolute atomic E-state index is 0.162. The summed E-state index contributed by atoms with van der Waals surface area (Å²) in [5.74, 6) is 1.45. The minimum Gasteiger partial charge on any atom is -0.486 e. The molecule has 4 rings (SSSR count).